The molecule has 0 radical (unpaired) electrons. The molecule has 2 aromatic carbocycles. The molecular formula is C27H38N4O2. The first kappa shape index (κ1) is 23.3. The summed E-state index contributed by atoms with van der Waals surface area (Å²) in [6.07, 6.45) is 2.11. The highest BCUT2D eigenvalue weighted by Crippen LogP contribution is 2.49. The van der Waals surface area contributed by atoms with Crippen LogP contribution in [0.3, 0.4) is 0 Å². The van der Waals surface area contributed by atoms with E-state index in [1.807, 2.05) is 21.9 Å². The van der Waals surface area contributed by atoms with Gasteiger partial charge < -0.3 is 19.4 Å². The van der Waals surface area contributed by atoms with Gasteiger partial charge in [-0.3, -0.25) is 4.90 Å². The predicted molar refractivity (Wildman–Crippen MR) is 138 cm³/mol. The summed E-state index contributed by atoms with van der Waals surface area (Å²) in [4.78, 5) is 22.3. The minimum Gasteiger partial charge on any atom is -0.453 e. The van der Waals surface area contributed by atoms with Gasteiger partial charge in [-0.25, -0.2) is 4.79 Å². The zero-order valence-corrected chi connectivity index (χ0v) is 20.8. The summed E-state index contributed by atoms with van der Waals surface area (Å²) in [6, 6.07) is 12.5. The zero-order valence-electron chi connectivity index (χ0n) is 20.8. The van der Waals surface area contributed by atoms with Crippen molar-refractivity contribution in [3.05, 3.63) is 36.4 Å². The van der Waals surface area contributed by atoms with Crippen molar-refractivity contribution in [2.24, 2.45) is 5.92 Å². The molecule has 2 heterocycles. The lowest BCUT2D eigenvalue weighted by atomic mass is 9.99. The van der Waals surface area contributed by atoms with Crippen molar-refractivity contribution in [2.75, 3.05) is 54.0 Å². The normalized spacial score (nSPS) is 15.5. The molecule has 1 fully saturated rings. The van der Waals surface area contributed by atoms with Gasteiger partial charge in [-0.1, -0.05) is 6.92 Å². The van der Waals surface area contributed by atoms with Gasteiger partial charge >= 0.3 is 6.03 Å². The number of ether oxygens (including phenoxy) is 1. The minimum atomic E-state index is 0.0406. The maximum atomic E-state index is 13.8. The number of carbonyl (C=O) groups is 1. The number of hydrogen-bond donors (Lipinski definition) is 0. The molecule has 33 heavy (non-hydrogen) atoms. The third kappa shape index (κ3) is 4.48. The number of anilines is 4. The molecule has 0 N–H and O–H groups in total. The number of hydrogen-bond acceptors (Lipinski definition) is 4. The first-order valence-corrected chi connectivity index (χ1v) is 12.5. The Balaban J connectivity index is 1.77. The molecule has 178 valence electrons. The van der Waals surface area contributed by atoms with Gasteiger partial charge in [-0.15, -0.1) is 0 Å². The van der Waals surface area contributed by atoms with E-state index in [1.54, 1.807) is 0 Å². The Bertz CT molecular complexity index is 915. The first-order valence-electron chi connectivity index (χ1n) is 12.5. The molecule has 0 unspecified atom stereocenters. The Labute approximate surface area is 198 Å². The lowest BCUT2D eigenvalue weighted by molar-refractivity contribution is 0.182. The van der Waals surface area contributed by atoms with Crippen molar-refractivity contribution in [3.63, 3.8) is 0 Å². The van der Waals surface area contributed by atoms with Gasteiger partial charge in [-0.2, -0.15) is 0 Å². The van der Waals surface area contributed by atoms with E-state index >= 15 is 0 Å². The number of amides is 2. The molecular weight excluding hydrogens is 412 g/mol. The van der Waals surface area contributed by atoms with E-state index in [2.05, 4.69) is 68.7 Å². The number of benzene rings is 2. The summed E-state index contributed by atoms with van der Waals surface area (Å²) in [6.45, 7) is 16.2. The Kier molecular flexibility index (Phi) is 7.01. The van der Waals surface area contributed by atoms with Gasteiger partial charge in [0, 0.05) is 62.8 Å². The average Bonchev–Trinajstić information content (AvgIpc) is 2.84. The summed E-state index contributed by atoms with van der Waals surface area (Å²) in [5.74, 6) is 2.15. The fraction of sp³-hybridized carbons (Fsp3) is 0.519. The second kappa shape index (κ2) is 9.94. The first-order chi connectivity index (χ1) is 16.0. The molecule has 0 aliphatic carbocycles. The number of piperidine rings is 1. The van der Waals surface area contributed by atoms with Crippen molar-refractivity contribution in [1.29, 1.82) is 0 Å². The highest BCUT2D eigenvalue weighted by Gasteiger charge is 2.34. The predicted octanol–water partition coefficient (Wildman–Crippen LogP) is 6.47. The third-order valence-electron chi connectivity index (χ3n) is 7.09. The van der Waals surface area contributed by atoms with Crippen LogP contribution in [-0.2, 0) is 0 Å². The monoisotopic (exact) mass is 450 g/mol. The molecule has 0 aromatic heterocycles. The van der Waals surface area contributed by atoms with Crippen LogP contribution in [0.5, 0.6) is 11.5 Å². The zero-order chi connectivity index (χ0) is 23.5. The van der Waals surface area contributed by atoms with E-state index in [4.69, 9.17) is 4.74 Å². The van der Waals surface area contributed by atoms with Gasteiger partial charge in [0.1, 0.15) is 0 Å². The van der Waals surface area contributed by atoms with Crippen molar-refractivity contribution < 1.29 is 9.53 Å². The van der Waals surface area contributed by atoms with Gasteiger partial charge in [0.05, 0.1) is 11.4 Å². The quantitative estimate of drug-likeness (QED) is 0.505. The largest absolute Gasteiger partial charge is 0.453 e. The SMILES string of the molecule is CCN(CC)c1ccc2c(c1)Oc1cc(N(CC)CC)ccc1N2C(=O)N1CCC(C)CC1. The third-order valence-corrected chi connectivity index (χ3v) is 7.09. The molecule has 0 saturated carbocycles. The van der Waals surface area contributed by atoms with Crippen LogP contribution in [0.1, 0.15) is 47.5 Å². The van der Waals surface area contributed by atoms with Crippen LogP contribution in [0.15, 0.2) is 36.4 Å². The maximum absolute atomic E-state index is 13.8. The van der Waals surface area contributed by atoms with E-state index in [9.17, 15) is 4.79 Å². The number of fused-ring (bicyclic) bond motifs is 2. The molecule has 2 aromatic rings. The number of carbonyl (C=O) groups excluding carboxylic acids is 1. The Hall–Kier alpha value is -2.89. The standard InChI is InChI=1S/C27H38N4O2/c1-6-28(7-2)21-10-12-23-25(18-21)33-26-19-22(29(8-3)9-4)11-13-24(26)31(23)27(32)30-16-14-20(5)15-17-30/h10-13,18-20H,6-9,14-17H2,1-5H3. The maximum Gasteiger partial charge on any atom is 0.329 e. The van der Waals surface area contributed by atoms with Crippen molar-refractivity contribution in [2.45, 2.75) is 47.5 Å². The smallest absolute Gasteiger partial charge is 0.329 e. The minimum absolute atomic E-state index is 0.0406. The Morgan fingerprint density at radius 1 is 0.848 bits per heavy atom. The second-order valence-corrected chi connectivity index (χ2v) is 9.04. The molecule has 0 bridgehead atoms. The average molecular weight is 451 g/mol. The Morgan fingerprint density at radius 3 is 1.73 bits per heavy atom. The van der Waals surface area contributed by atoms with Crippen LogP contribution in [0.25, 0.3) is 0 Å². The van der Waals surface area contributed by atoms with Crippen molar-refractivity contribution in [3.8, 4) is 11.5 Å². The number of nitrogens with zero attached hydrogens (tertiary/aromatic N) is 4. The lowest BCUT2D eigenvalue weighted by Crippen LogP contribution is -2.45. The van der Waals surface area contributed by atoms with Crippen LogP contribution >= 0.6 is 0 Å². The van der Waals surface area contributed by atoms with Gasteiger partial charge in [0.2, 0.25) is 0 Å². The topological polar surface area (TPSA) is 39.3 Å². The highest BCUT2D eigenvalue weighted by molar-refractivity contribution is 6.04. The van der Waals surface area contributed by atoms with E-state index < -0.39 is 0 Å². The molecule has 0 atom stereocenters. The van der Waals surface area contributed by atoms with Crippen LogP contribution in [-0.4, -0.2) is 50.2 Å². The molecule has 1 saturated heterocycles. The summed E-state index contributed by atoms with van der Waals surface area (Å²) in [5, 5.41) is 0. The fourth-order valence-electron chi connectivity index (χ4n) is 4.91. The summed E-state index contributed by atoms with van der Waals surface area (Å²) >= 11 is 0. The molecule has 2 aliphatic rings. The molecule has 6 heteroatoms. The van der Waals surface area contributed by atoms with Crippen molar-refractivity contribution >= 4 is 28.8 Å². The van der Waals surface area contributed by atoms with Crippen molar-refractivity contribution in [1.82, 2.24) is 4.90 Å². The van der Waals surface area contributed by atoms with E-state index in [0.717, 1.165) is 86.4 Å². The summed E-state index contributed by atoms with van der Waals surface area (Å²) < 4.78 is 6.46. The second-order valence-electron chi connectivity index (χ2n) is 9.04. The molecule has 2 aliphatic heterocycles. The van der Waals surface area contributed by atoms with E-state index in [-0.39, 0.29) is 6.03 Å². The Morgan fingerprint density at radius 2 is 1.30 bits per heavy atom. The number of urea groups is 1. The van der Waals surface area contributed by atoms with Crippen LogP contribution in [0.2, 0.25) is 0 Å². The summed E-state index contributed by atoms with van der Waals surface area (Å²) in [5.41, 5.74) is 3.86. The van der Waals surface area contributed by atoms with Gasteiger partial charge in [-0.05, 0) is 70.7 Å². The number of likely N-dealkylation sites (tertiary alicyclic amines) is 1. The highest BCUT2D eigenvalue weighted by atomic mass is 16.5. The number of rotatable bonds is 6. The molecule has 6 nitrogen and oxygen atoms in total. The van der Waals surface area contributed by atoms with Crippen LogP contribution < -0.4 is 19.4 Å². The summed E-state index contributed by atoms with van der Waals surface area (Å²) in [7, 11) is 0. The van der Waals surface area contributed by atoms with Crippen LogP contribution in [0.4, 0.5) is 27.5 Å². The fourth-order valence-corrected chi connectivity index (χ4v) is 4.91. The lowest BCUT2D eigenvalue weighted by Gasteiger charge is -2.38. The van der Waals surface area contributed by atoms with E-state index in [1.165, 1.54) is 0 Å². The van der Waals surface area contributed by atoms with E-state index in [0.29, 0.717) is 5.92 Å². The molecule has 4 rings (SSSR count). The van der Waals surface area contributed by atoms with Gasteiger partial charge in [0.25, 0.3) is 0 Å². The molecule has 2 amide bonds. The van der Waals surface area contributed by atoms with Gasteiger partial charge in [0.15, 0.2) is 11.5 Å². The van der Waals surface area contributed by atoms with Crippen LogP contribution in [0, 0.1) is 5.92 Å². The molecule has 0 spiro atoms.